The van der Waals surface area contributed by atoms with E-state index in [1.54, 1.807) is 6.20 Å². The zero-order chi connectivity index (χ0) is 4.41. The van der Waals surface area contributed by atoms with Gasteiger partial charge in [0.25, 0.3) is 0 Å². The first-order valence-corrected chi connectivity index (χ1v) is 2.14. The van der Waals surface area contributed by atoms with Crippen LogP contribution in [0.5, 0.6) is 0 Å². The van der Waals surface area contributed by atoms with Crippen molar-refractivity contribution in [2.45, 2.75) is 6.42 Å². The van der Waals surface area contributed by atoms with Gasteiger partial charge in [0.1, 0.15) is 5.17 Å². The molecule has 0 amide bonds. The Kier molecular flexibility index (Phi) is 0.926. The Morgan fingerprint density at radius 1 is 1.83 bits per heavy atom. The summed E-state index contributed by atoms with van der Waals surface area (Å²) in [7, 11) is 0. The van der Waals surface area contributed by atoms with Gasteiger partial charge < -0.3 is 0 Å². The first kappa shape index (κ1) is 3.88. The van der Waals surface area contributed by atoms with Crippen LogP contribution < -0.4 is 0 Å². The van der Waals surface area contributed by atoms with E-state index >= 15 is 0 Å². The molecule has 0 unspecified atom stereocenters. The summed E-state index contributed by atoms with van der Waals surface area (Å²) in [4.78, 5) is 3.74. The smallest absolute Gasteiger partial charge is 0.110 e. The lowest BCUT2D eigenvalue weighted by Gasteiger charge is -1.72. The molecule has 1 rings (SSSR count). The lowest BCUT2D eigenvalue weighted by molar-refractivity contribution is 1.59. The van der Waals surface area contributed by atoms with Crippen LogP contribution in [-0.2, 0) is 0 Å². The van der Waals surface area contributed by atoms with Gasteiger partial charge in [-0.3, -0.25) is 0 Å². The average Bonchev–Trinajstić information content (AvgIpc) is 1.86. The SMILES string of the molecule is ClC1=NC=CC1. The first-order chi connectivity index (χ1) is 2.89. The largest absolute Gasteiger partial charge is 0.249 e. The van der Waals surface area contributed by atoms with Crippen molar-refractivity contribution < 1.29 is 0 Å². The molecule has 0 radical (unpaired) electrons. The predicted octanol–water partition coefficient (Wildman–Crippen LogP) is 1.54. The van der Waals surface area contributed by atoms with Gasteiger partial charge in [0.2, 0.25) is 0 Å². The third kappa shape index (κ3) is 0.601. The Hall–Kier alpha value is -0.300. The minimum absolute atomic E-state index is 0.690. The van der Waals surface area contributed by atoms with Crippen LogP contribution in [0.15, 0.2) is 17.3 Å². The van der Waals surface area contributed by atoms with Crippen LogP contribution in [0.3, 0.4) is 0 Å². The van der Waals surface area contributed by atoms with Crippen molar-refractivity contribution in [3.8, 4) is 0 Å². The molecule has 0 saturated heterocycles. The number of aliphatic imine (C=N–C) groups is 1. The predicted molar refractivity (Wildman–Crippen MR) is 27.0 cm³/mol. The van der Waals surface area contributed by atoms with E-state index in [-0.39, 0.29) is 0 Å². The molecule has 0 aromatic rings. The zero-order valence-electron chi connectivity index (χ0n) is 3.19. The quantitative estimate of drug-likeness (QED) is 0.439. The normalized spacial score (nSPS) is 18.5. The second-order valence-corrected chi connectivity index (χ2v) is 1.53. The van der Waals surface area contributed by atoms with Gasteiger partial charge in [-0.2, -0.15) is 0 Å². The van der Waals surface area contributed by atoms with Crippen molar-refractivity contribution in [2.24, 2.45) is 4.99 Å². The molecule has 32 valence electrons. The second kappa shape index (κ2) is 1.43. The highest BCUT2D eigenvalue weighted by Crippen LogP contribution is 2.01. The third-order valence-electron chi connectivity index (χ3n) is 0.606. The van der Waals surface area contributed by atoms with Crippen molar-refractivity contribution in [1.82, 2.24) is 0 Å². The lowest BCUT2D eigenvalue weighted by atomic mass is 10.5. The van der Waals surface area contributed by atoms with Gasteiger partial charge in [0.15, 0.2) is 0 Å². The number of allylic oxidation sites excluding steroid dienone is 1. The maximum absolute atomic E-state index is 5.40. The fourth-order valence-electron chi connectivity index (χ4n) is 0.336. The highest BCUT2D eigenvalue weighted by molar-refractivity contribution is 6.65. The summed E-state index contributed by atoms with van der Waals surface area (Å²) in [5, 5.41) is 0.690. The first-order valence-electron chi connectivity index (χ1n) is 1.77. The van der Waals surface area contributed by atoms with Crippen molar-refractivity contribution >= 4 is 16.8 Å². The zero-order valence-corrected chi connectivity index (χ0v) is 3.94. The van der Waals surface area contributed by atoms with Gasteiger partial charge in [-0.25, -0.2) is 4.99 Å². The number of hydrogen-bond donors (Lipinski definition) is 0. The molecule has 0 N–H and O–H groups in total. The third-order valence-corrected chi connectivity index (χ3v) is 0.858. The number of halogens is 1. The lowest BCUT2D eigenvalue weighted by Crippen LogP contribution is -1.72. The Labute approximate surface area is 41.3 Å². The van der Waals surface area contributed by atoms with E-state index in [1.807, 2.05) is 6.08 Å². The standard InChI is InChI=1S/C4H4ClN/c5-4-2-1-3-6-4/h1,3H,2H2. The van der Waals surface area contributed by atoms with E-state index in [2.05, 4.69) is 4.99 Å². The van der Waals surface area contributed by atoms with Crippen molar-refractivity contribution in [3.63, 3.8) is 0 Å². The molecule has 0 fully saturated rings. The number of rotatable bonds is 0. The van der Waals surface area contributed by atoms with Crippen LogP contribution in [0.4, 0.5) is 0 Å². The number of hydrogen-bond acceptors (Lipinski definition) is 1. The molecule has 2 heteroatoms. The summed E-state index contributed by atoms with van der Waals surface area (Å²) >= 11 is 5.40. The van der Waals surface area contributed by atoms with Crippen LogP contribution in [0.2, 0.25) is 0 Å². The van der Waals surface area contributed by atoms with Crippen LogP contribution in [-0.4, -0.2) is 5.17 Å². The summed E-state index contributed by atoms with van der Waals surface area (Å²) in [6.07, 6.45) is 4.45. The minimum Gasteiger partial charge on any atom is -0.249 e. The van der Waals surface area contributed by atoms with Gasteiger partial charge >= 0.3 is 0 Å². The Morgan fingerprint density at radius 2 is 2.67 bits per heavy atom. The van der Waals surface area contributed by atoms with E-state index in [9.17, 15) is 0 Å². The van der Waals surface area contributed by atoms with E-state index in [0.29, 0.717) is 5.17 Å². The molecule has 0 spiro atoms. The molecule has 1 aliphatic heterocycles. The van der Waals surface area contributed by atoms with Crippen LogP contribution >= 0.6 is 11.6 Å². The van der Waals surface area contributed by atoms with E-state index in [4.69, 9.17) is 11.6 Å². The summed E-state index contributed by atoms with van der Waals surface area (Å²) in [5.41, 5.74) is 0. The Balaban J connectivity index is 2.61. The maximum atomic E-state index is 5.40. The highest BCUT2D eigenvalue weighted by atomic mass is 35.5. The fraction of sp³-hybridized carbons (Fsp3) is 0.250. The molecule has 6 heavy (non-hydrogen) atoms. The molecular formula is C4H4ClN. The molecule has 0 saturated carbocycles. The fourth-order valence-corrected chi connectivity index (χ4v) is 0.482. The molecule has 0 atom stereocenters. The monoisotopic (exact) mass is 101 g/mol. The summed E-state index contributed by atoms with van der Waals surface area (Å²) in [5.74, 6) is 0. The van der Waals surface area contributed by atoms with Gasteiger partial charge in [0.05, 0.1) is 0 Å². The van der Waals surface area contributed by atoms with Crippen molar-refractivity contribution in [1.29, 1.82) is 0 Å². The Morgan fingerprint density at radius 3 is 2.83 bits per heavy atom. The average molecular weight is 102 g/mol. The van der Waals surface area contributed by atoms with Gasteiger partial charge in [-0.1, -0.05) is 17.7 Å². The van der Waals surface area contributed by atoms with Crippen LogP contribution in [0.25, 0.3) is 0 Å². The molecular weight excluding hydrogens is 97.5 g/mol. The summed E-state index contributed by atoms with van der Waals surface area (Å²) in [6.45, 7) is 0. The number of nitrogens with zero attached hydrogens (tertiary/aromatic N) is 1. The van der Waals surface area contributed by atoms with E-state index < -0.39 is 0 Å². The highest BCUT2D eigenvalue weighted by Gasteiger charge is 1.91. The summed E-state index contributed by atoms with van der Waals surface area (Å²) in [6, 6.07) is 0. The Bertz CT molecular complexity index is 104. The molecule has 1 heterocycles. The minimum atomic E-state index is 0.690. The van der Waals surface area contributed by atoms with Gasteiger partial charge in [-0.15, -0.1) is 0 Å². The van der Waals surface area contributed by atoms with Gasteiger partial charge in [0, 0.05) is 12.6 Å². The maximum Gasteiger partial charge on any atom is 0.110 e. The molecule has 0 aliphatic carbocycles. The topological polar surface area (TPSA) is 12.4 Å². The van der Waals surface area contributed by atoms with Crippen molar-refractivity contribution in [3.05, 3.63) is 12.3 Å². The molecule has 1 aliphatic rings. The van der Waals surface area contributed by atoms with Crippen LogP contribution in [0.1, 0.15) is 6.42 Å². The molecule has 0 aromatic heterocycles. The van der Waals surface area contributed by atoms with E-state index in [0.717, 1.165) is 6.42 Å². The summed E-state index contributed by atoms with van der Waals surface area (Å²) < 4.78 is 0. The van der Waals surface area contributed by atoms with Gasteiger partial charge in [-0.05, 0) is 0 Å². The molecule has 0 bridgehead atoms. The molecule has 0 aromatic carbocycles. The van der Waals surface area contributed by atoms with Crippen LogP contribution in [0, 0.1) is 0 Å². The molecule has 1 nitrogen and oxygen atoms in total. The van der Waals surface area contributed by atoms with E-state index in [1.165, 1.54) is 0 Å². The van der Waals surface area contributed by atoms with Crippen molar-refractivity contribution in [2.75, 3.05) is 0 Å². The second-order valence-electron chi connectivity index (χ2n) is 1.09.